The zero-order chi connectivity index (χ0) is 16.1. The van der Waals surface area contributed by atoms with E-state index >= 15 is 0 Å². The van der Waals surface area contributed by atoms with E-state index in [-0.39, 0.29) is 18.2 Å². The Labute approximate surface area is 136 Å². The van der Waals surface area contributed by atoms with E-state index in [1.807, 2.05) is 48.5 Å². The monoisotopic (exact) mass is 308 g/mol. The number of hydrogen-bond donors (Lipinski definition) is 1. The first-order valence-corrected chi connectivity index (χ1v) is 7.89. The lowest BCUT2D eigenvalue weighted by Crippen LogP contribution is -2.39. The van der Waals surface area contributed by atoms with Gasteiger partial charge in [-0.1, -0.05) is 60.7 Å². The van der Waals surface area contributed by atoms with E-state index in [0.29, 0.717) is 13.1 Å². The fourth-order valence-corrected chi connectivity index (χ4v) is 2.81. The van der Waals surface area contributed by atoms with Crippen LogP contribution in [0.3, 0.4) is 0 Å². The van der Waals surface area contributed by atoms with Crippen LogP contribution < -0.4 is 5.32 Å². The number of hydrogen-bond acceptors (Lipinski definition) is 3. The summed E-state index contributed by atoms with van der Waals surface area (Å²) in [4.78, 5) is 25.9. The van der Waals surface area contributed by atoms with Crippen LogP contribution in [0.2, 0.25) is 0 Å². The van der Waals surface area contributed by atoms with Crippen LogP contribution in [0.4, 0.5) is 0 Å². The summed E-state index contributed by atoms with van der Waals surface area (Å²) in [7, 11) is 0. The third-order valence-corrected chi connectivity index (χ3v) is 4.07. The second kappa shape index (κ2) is 7.20. The fourth-order valence-electron chi connectivity index (χ4n) is 2.81. The zero-order valence-electron chi connectivity index (χ0n) is 12.9. The van der Waals surface area contributed by atoms with Crippen LogP contribution in [0.1, 0.15) is 17.5 Å². The Morgan fingerprint density at radius 2 is 1.52 bits per heavy atom. The van der Waals surface area contributed by atoms with Crippen LogP contribution in [0.5, 0.6) is 0 Å². The van der Waals surface area contributed by atoms with Crippen molar-refractivity contribution in [3.63, 3.8) is 0 Å². The zero-order valence-corrected chi connectivity index (χ0v) is 12.9. The summed E-state index contributed by atoms with van der Waals surface area (Å²) in [6.07, 6.45) is 1.10. The van der Waals surface area contributed by atoms with Gasteiger partial charge in [-0.3, -0.25) is 14.5 Å². The van der Waals surface area contributed by atoms with Gasteiger partial charge in [-0.25, -0.2) is 0 Å². The molecule has 2 aromatic rings. The summed E-state index contributed by atoms with van der Waals surface area (Å²) in [6.45, 7) is 1.04. The number of likely N-dealkylation sites (tertiary alicyclic amines) is 1. The molecule has 0 aliphatic carbocycles. The molecule has 2 aromatic carbocycles. The molecule has 0 radical (unpaired) electrons. The first-order valence-electron chi connectivity index (χ1n) is 7.89. The van der Waals surface area contributed by atoms with E-state index < -0.39 is 6.04 Å². The van der Waals surface area contributed by atoms with Gasteiger partial charge in [0, 0.05) is 0 Å². The van der Waals surface area contributed by atoms with Crippen LogP contribution in [-0.4, -0.2) is 29.3 Å². The number of carbonyl (C=O) groups is 2. The Morgan fingerprint density at radius 3 is 2.17 bits per heavy atom. The molecule has 1 aliphatic heterocycles. The molecule has 1 N–H and O–H groups in total. The van der Waals surface area contributed by atoms with E-state index in [4.69, 9.17) is 0 Å². The lowest BCUT2D eigenvalue weighted by molar-refractivity contribution is -0.139. The number of nitrogens with zero attached hydrogens (tertiary/aromatic N) is 1. The van der Waals surface area contributed by atoms with E-state index in [0.717, 1.165) is 12.0 Å². The second-order valence-electron chi connectivity index (χ2n) is 5.75. The van der Waals surface area contributed by atoms with Crippen molar-refractivity contribution in [2.24, 2.45) is 0 Å². The van der Waals surface area contributed by atoms with Gasteiger partial charge in [-0.2, -0.15) is 0 Å². The third-order valence-electron chi connectivity index (χ3n) is 4.07. The summed E-state index contributed by atoms with van der Waals surface area (Å²) >= 11 is 0. The summed E-state index contributed by atoms with van der Waals surface area (Å²) in [5, 5.41) is 3.21. The number of imide groups is 1. The summed E-state index contributed by atoms with van der Waals surface area (Å²) in [5.74, 6) is -0.219. The number of rotatable bonds is 6. The molecule has 1 heterocycles. The molecular formula is C19H20N2O2. The average molecular weight is 308 g/mol. The molecule has 0 aromatic heterocycles. The van der Waals surface area contributed by atoms with Gasteiger partial charge in [0.15, 0.2) is 0 Å². The molecule has 0 spiro atoms. The smallest absolute Gasteiger partial charge is 0.247 e. The van der Waals surface area contributed by atoms with Crippen molar-refractivity contribution in [1.82, 2.24) is 10.2 Å². The lowest BCUT2D eigenvalue weighted by Gasteiger charge is -2.15. The second-order valence-corrected chi connectivity index (χ2v) is 5.75. The highest BCUT2D eigenvalue weighted by atomic mass is 16.2. The van der Waals surface area contributed by atoms with E-state index in [1.54, 1.807) is 0 Å². The summed E-state index contributed by atoms with van der Waals surface area (Å²) < 4.78 is 0. The van der Waals surface area contributed by atoms with E-state index in [1.165, 1.54) is 10.5 Å². The first-order chi connectivity index (χ1) is 11.2. The van der Waals surface area contributed by atoms with Crippen molar-refractivity contribution in [2.45, 2.75) is 25.4 Å². The molecule has 1 aliphatic rings. The molecule has 1 atom stereocenters. The van der Waals surface area contributed by atoms with Gasteiger partial charge in [0.25, 0.3) is 0 Å². The topological polar surface area (TPSA) is 49.4 Å². The molecule has 3 rings (SSSR count). The molecule has 1 saturated heterocycles. The minimum absolute atomic E-state index is 0.101. The predicted octanol–water partition coefficient (Wildman–Crippen LogP) is 2.15. The standard InChI is InChI=1S/C19H20N2O2/c22-18-13-17(20-12-11-15-7-3-1-4-8-15)19(23)21(18)14-16-9-5-2-6-10-16/h1-10,17,20H,11-14H2/t17-/m1/s1. The average Bonchev–Trinajstić information content (AvgIpc) is 2.85. The Kier molecular flexibility index (Phi) is 4.83. The van der Waals surface area contributed by atoms with Gasteiger partial charge in [-0.15, -0.1) is 0 Å². The quantitative estimate of drug-likeness (QED) is 0.832. The van der Waals surface area contributed by atoms with Gasteiger partial charge in [0.2, 0.25) is 11.8 Å². The van der Waals surface area contributed by atoms with Gasteiger partial charge < -0.3 is 5.32 Å². The molecule has 0 saturated carbocycles. The normalized spacial score (nSPS) is 17.7. The van der Waals surface area contributed by atoms with Gasteiger partial charge in [0.1, 0.15) is 0 Å². The summed E-state index contributed by atoms with van der Waals surface area (Å²) in [5.41, 5.74) is 2.19. The van der Waals surface area contributed by atoms with Crippen molar-refractivity contribution in [1.29, 1.82) is 0 Å². The molecule has 1 fully saturated rings. The molecule has 4 nitrogen and oxygen atoms in total. The van der Waals surface area contributed by atoms with Crippen molar-refractivity contribution in [2.75, 3.05) is 6.54 Å². The number of nitrogens with one attached hydrogen (secondary N) is 1. The fraction of sp³-hybridized carbons (Fsp3) is 0.263. The Hall–Kier alpha value is -2.46. The van der Waals surface area contributed by atoms with Crippen molar-refractivity contribution < 1.29 is 9.59 Å². The molecule has 0 bridgehead atoms. The van der Waals surface area contributed by atoms with Gasteiger partial charge >= 0.3 is 0 Å². The van der Waals surface area contributed by atoms with Gasteiger partial charge in [0.05, 0.1) is 19.0 Å². The van der Waals surface area contributed by atoms with Crippen molar-refractivity contribution in [3.8, 4) is 0 Å². The Morgan fingerprint density at radius 1 is 0.913 bits per heavy atom. The van der Waals surface area contributed by atoms with Crippen LogP contribution in [0.15, 0.2) is 60.7 Å². The van der Waals surface area contributed by atoms with E-state index in [9.17, 15) is 9.59 Å². The maximum absolute atomic E-state index is 12.4. The molecule has 23 heavy (non-hydrogen) atoms. The molecule has 4 heteroatoms. The highest BCUT2D eigenvalue weighted by Gasteiger charge is 2.37. The molecular weight excluding hydrogens is 288 g/mol. The molecule has 0 unspecified atom stereocenters. The largest absolute Gasteiger partial charge is 0.305 e. The minimum Gasteiger partial charge on any atom is -0.305 e. The summed E-state index contributed by atoms with van der Waals surface area (Å²) in [6, 6.07) is 19.3. The van der Waals surface area contributed by atoms with E-state index in [2.05, 4.69) is 17.4 Å². The van der Waals surface area contributed by atoms with Crippen molar-refractivity contribution in [3.05, 3.63) is 71.8 Å². The van der Waals surface area contributed by atoms with Crippen molar-refractivity contribution >= 4 is 11.8 Å². The first kappa shape index (κ1) is 15.4. The SMILES string of the molecule is O=C1C[C@@H](NCCc2ccccc2)C(=O)N1Cc1ccccc1. The molecule has 118 valence electrons. The van der Waals surface area contributed by atoms with Gasteiger partial charge in [-0.05, 0) is 24.1 Å². The predicted molar refractivity (Wildman–Crippen MR) is 88.6 cm³/mol. The van der Waals surface area contributed by atoms with Crippen LogP contribution >= 0.6 is 0 Å². The number of amides is 2. The number of benzene rings is 2. The Bertz CT molecular complexity index is 670. The minimum atomic E-state index is -0.394. The lowest BCUT2D eigenvalue weighted by atomic mass is 10.1. The molecule has 2 amide bonds. The van der Waals surface area contributed by atoms with Crippen LogP contribution in [0, 0.1) is 0 Å². The highest BCUT2D eigenvalue weighted by Crippen LogP contribution is 2.16. The third kappa shape index (κ3) is 3.85. The highest BCUT2D eigenvalue weighted by molar-refractivity contribution is 6.05. The Balaban J connectivity index is 1.54. The van der Waals surface area contributed by atoms with Crippen LogP contribution in [-0.2, 0) is 22.6 Å². The maximum atomic E-state index is 12.4. The number of carbonyl (C=O) groups excluding carboxylic acids is 2. The van der Waals surface area contributed by atoms with Crippen LogP contribution in [0.25, 0.3) is 0 Å². The maximum Gasteiger partial charge on any atom is 0.247 e.